The van der Waals surface area contributed by atoms with Crippen LogP contribution < -0.4 is 10.1 Å². The van der Waals surface area contributed by atoms with E-state index < -0.39 is 5.97 Å². The topological polar surface area (TPSA) is 106 Å². The summed E-state index contributed by atoms with van der Waals surface area (Å²) in [6.45, 7) is 4.21. The monoisotopic (exact) mass is 304 g/mol. The van der Waals surface area contributed by atoms with Gasteiger partial charge in [-0.1, -0.05) is 5.21 Å². The van der Waals surface area contributed by atoms with Crippen LogP contribution in [0.4, 0.5) is 5.69 Å². The number of ether oxygens (including phenoxy) is 1. The lowest BCUT2D eigenvalue weighted by molar-refractivity contribution is -0.116. The van der Waals surface area contributed by atoms with Crippen molar-refractivity contribution in [2.24, 2.45) is 0 Å². The van der Waals surface area contributed by atoms with Crippen LogP contribution in [0.15, 0.2) is 24.4 Å². The largest absolute Gasteiger partial charge is 0.494 e. The highest BCUT2D eigenvalue weighted by Crippen LogP contribution is 2.21. The molecule has 2 aromatic rings. The summed E-state index contributed by atoms with van der Waals surface area (Å²) in [5, 5.41) is 18.5. The number of hydrogen-bond donors (Lipinski definition) is 2. The van der Waals surface area contributed by atoms with Crippen molar-refractivity contribution in [3.05, 3.63) is 35.7 Å². The van der Waals surface area contributed by atoms with E-state index in [0.29, 0.717) is 12.3 Å². The van der Waals surface area contributed by atoms with E-state index in [0.717, 1.165) is 11.3 Å². The SMILES string of the molecule is CCOc1ccc(NC(=O)Cn2cc(C(=O)O)nn2)c(C)c1. The van der Waals surface area contributed by atoms with Crippen molar-refractivity contribution in [2.75, 3.05) is 11.9 Å². The van der Waals surface area contributed by atoms with Gasteiger partial charge in [0.15, 0.2) is 5.69 Å². The van der Waals surface area contributed by atoms with Crippen molar-refractivity contribution in [1.82, 2.24) is 15.0 Å². The molecule has 0 aliphatic carbocycles. The molecular formula is C14H16N4O4. The van der Waals surface area contributed by atoms with Crippen LogP contribution in [0.1, 0.15) is 23.0 Å². The van der Waals surface area contributed by atoms with Gasteiger partial charge in [-0.25, -0.2) is 9.48 Å². The Bertz CT molecular complexity index is 696. The first-order valence-electron chi connectivity index (χ1n) is 6.66. The third-order valence-electron chi connectivity index (χ3n) is 2.85. The molecule has 0 bridgehead atoms. The third-order valence-corrected chi connectivity index (χ3v) is 2.85. The number of carboxylic acid groups (broad SMARTS) is 1. The molecule has 0 atom stereocenters. The highest BCUT2D eigenvalue weighted by molar-refractivity contribution is 5.91. The Morgan fingerprint density at radius 3 is 2.77 bits per heavy atom. The molecule has 2 rings (SSSR count). The number of anilines is 1. The fourth-order valence-corrected chi connectivity index (χ4v) is 1.84. The number of aromatic carboxylic acids is 1. The smallest absolute Gasteiger partial charge is 0.358 e. The van der Waals surface area contributed by atoms with Crippen LogP contribution >= 0.6 is 0 Å². The molecule has 0 radical (unpaired) electrons. The summed E-state index contributed by atoms with van der Waals surface area (Å²) in [7, 11) is 0. The fraction of sp³-hybridized carbons (Fsp3) is 0.286. The Balaban J connectivity index is 2.00. The van der Waals surface area contributed by atoms with Gasteiger partial charge < -0.3 is 15.2 Å². The molecule has 0 unspecified atom stereocenters. The van der Waals surface area contributed by atoms with Crippen LogP contribution in [0.25, 0.3) is 0 Å². The number of carboxylic acids is 1. The predicted octanol–water partition coefficient (Wildman–Crippen LogP) is 1.32. The Morgan fingerprint density at radius 1 is 1.41 bits per heavy atom. The zero-order valence-electron chi connectivity index (χ0n) is 12.2. The second kappa shape index (κ2) is 6.70. The molecule has 1 amide bonds. The molecule has 0 saturated heterocycles. The Hall–Kier alpha value is -2.90. The number of rotatable bonds is 6. The van der Waals surface area contributed by atoms with Crippen molar-refractivity contribution >= 4 is 17.6 Å². The van der Waals surface area contributed by atoms with Crippen molar-refractivity contribution in [1.29, 1.82) is 0 Å². The summed E-state index contributed by atoms with van der Waals surface area (Å²) in [5.74, 6) is -0.775. The minimum absolute atomic E-state index is 0.118. The molecule has 0 aliphatic heterocycles. The predicted molar refractivity (Wildman–Crippen MR) is 78.0 cm³/mol. The molecule has 0 saturated carbocycles. The molecule has 0 fully saturated rings. The molecule has 0 aliphatic rings. The number of aromatic nitrogens is 3. The highest BCUT2D eigenvalue weighted by Gasteiger charge is 2.11. The Labute approximate surface area is 126 Å². The number of carbonyl (C=O) groups excluding carboxylic acids is 1. The molecule has 8 nitrogen and oxygen atoms in total. The standard InChI is InChI=1S/C14H16N4O4/c1-3-22-10-4-5-11(9(2)6-10)15-13(19)8-18-7-12(14(20)21)16-17-18/h4-7H,3,8H2,1-2H3,(H,15,19)(H,20,21). The zero-order chi connectivity index (χ0) is 16.1. The second-order valence-electron chi connectivity index (χ2n) is 4.56. The van der Waals surface area contributed by atoms with Gasteiger partial charge in [-0.05, 0) is 37.6 Å². The molecule has 116 valence electrons. The lowest BCUT2D eigenvalue weighted by Crippen LogP contribution is -2.19. The van der Waals surface area contributed by atoms with Crippen LogP contribution in [0, 0.1) is 6.92 Å². The molecular weight excluding hydrogens is 288 g/mol. The molecule has 2 N–H and O–H groups in total. The molecule has 1 aromatic carbocycles. The normalized spacial score (nSPS) is 10.3. The minimum atomic E-state index is -1.19. The highest BCUT2D eigenvalue weighted by atomic mass is 16.5. The van der Waals surface area contributed by atoms with E-state index in [-0.39, 0.29) is 18.1 Å². The van der Waals surface area contributed by atoms with Gasteiger partial charge in [0.1, 0.15) is 12.3 Å². The zero-order valence-corrected chi connectivity index (χ0v) is 12.2. The molecule has 1 heterocycles. The van der Waals surface area contributed by atoms with Gasteiger partial charge in [-0.2, -0.15) is 0 Å². The van der Waals surface area contributed by atoms with Gasteiger partial charge in [0.25, 0.3) is 0 Å². The maximum absolute atomic E-state index is 11.9. The van der Waals surface area contributed by atoms with E-state index in [2.05, 4.69) is 15.6 Å². The van der Waals surface area contributed by atoms with Crippen LogP contribution in [0.3, 0.4) is 0 Å². The quantitative estimate of drug-likeness (QED) is 0.833. The Kier molecular flexibility index (Phi) is 4.72. The third kappa shape index (κ3) is 3.81. The summed E-state index contributed by atoms with van der Waals surface area (Å²) in [5.41, 5.74) is 1.32. The molecule has 22 heavy (non-hydrogen) atoms. The van der Waals surface area contributed by atoms with E-state index in [1.165, 1.54) is 10.9 Å². The molecule has 0 spiro atoms. The van der Waals surface area contributed by atoms with Crippen LogP contribution in [0.2, 0.25) is 0 Å². The van der Waals surface area contributed by atoms with Crippen molar-refractivity contribution in [2.45, 2.75) is 20.4 Å². The van der Waals surface area contributed by atoms with E-state index >= 15 is 0 Å². The number of amides is 1. The van der Waals surface area contributed by atoms with Gasteiger partial charge >= 0.3 is 5.97 Å². The lowest BCUT2D eigenvalue weighted by atomic mass is 10.2. The van der Waals surface area contributed by atoms with Crippen LogP contribution in [-0.4, -0.2) is 38.6 Å². The van der Waals surface area contributed by atoms with Gasteiger partial charge in [-0.3, -0.25) is 4.79 Å². The summed E-state index contributed by atoms with van der Waals surface area (Å²) >= 11 is 0. The maximum atomic E-state index is 11.9. The van der Waals surface area contributed by atoms with E-state index in [1.807, 2.05) is 19.9 Å². The van der Waals surface area contributed by atoms with Crippen LogP contribution in [0.5, 0.6) is 5.75 Å². The van der Waals surface area contributed by atoms with Gasteiger partial charge in [0.05, 0.1) is 12.8 Å². The van der Waals surface area contributed by atoms with Crippen molar-refractivity contribution in [3.63, 3.8) is 0 Å². The first-order chi connectivity index (χ1) is 10.5. The average molecular weight is 304 g/mol. The van der Waals surface area contributed by atoms with E-state index in [9.17, 15) is 9.59 Å². The maximum Gasteiger partial charge on any atom is 0.358 e. The number of benzene rings is 1. The number of hydrogen-bond acceptors (Lipinski definition) is 5. The summed E-state index contributed by atoms with van der Waals surface area (Å²) in [4.78, 5) is 22.6. The molecule has 1 aromatic heterocycles. The van der Waals surface area contributed by atoms with Crippen molar-refractivity contribution < 1.29 is 19.4 Å². The van der Waals surface area contributed by atoms with Gasteiger partial charge in [-0.15, -0.1) is 5.10 Å². The average Bonchev–Trinajstić information content (AvgIpc) is 2.91. The fourth-order valence-electron chi connectivity index (χ4n) is 1.84. The summed E-state index contributed by atoms with van der Waals surface area (Å²) in [6, 6.07) is 5.35. The Morgan fingerprint density at radius 2 is 2.18 bits per heavy atom. The first-order valence-corrected chi connectivity index (χ1v) is 6.66. The van der Waals surface area contributed by atoms with Crippen molar-refractivity contribution in [3.8, 4) is 5.75 Å². The number of carbonyl (C=O) groups is 2. The number of aryl methyl sites for hydroxylation is 1. The van der Waals surface area contributed by atoms with E-state index in [1.54, 1.807) is 12.1 Å². The first kappa shape index (κ1) is 15.5. The minimum Gasteiger partial charge on any atom is -0.494 e. The molecule has 8 heteroatoms. The summed E-state index contributed by atoms with van der Waals surface area (Å²) < 4.78 is 6.55. The van der Waals surface area contributed by atoms with Gasteiger partial charge in [0.2, 0.25) is 5.91 Å². The second-order valence-corrected chi connectivity index (χ2v) is 4.56. The van der Waals surface area contributed by atoms with E-state index in [4.69, 9.17) is 9.84 Å². The lowest BCUT2D eigenvalue weighted by Gasteiger charge is -2.10. The van der Waals surface area contributed by atoms with Gasteiger partial charge in [0, 0.05) is 5.69 Å². The number of nitrogens with one attached hydrogen (secondary N) is 1. The van der Waals surface area contributed by atoms with Crippen LogP contribution in [-0.2, 0) is 11.3 Å². The summed E-state index contributed by atoms with van der Waals surface area (Å²) in [6.07, 6.45) is 1.20. The number of nitrogens with zero attached hydrogens (tertiary/aromatic N) is 3.